The number of halogens is 1. The van der Waals surface area contributed by atoms with Crippen LogP contribution < -0.4 is 10.1 Å². The number of carboxylic acids is 1. The largest absolute Gasteiger partial charge is 0.481 e. The summed E-state index contributed by atoms with van der Waals surface area (Å²) in [5, 5.41) is 11.8. The molecule has 1 saturated carbocycles. The predicted molar refractivity (Wildman–Crippen MR) is 81.1 cm³/mol. The van der Waals surface area contributed by atoms with E-state index in [-0.39, 0.29) is 17.9 Å². The number of carbonyl (C=O) groups excluding carboxylic acids is 1. The number of benzene rings is 1. The van der Waals surface area contributed by atoms with Gasteiger partial charge in [0.15, 0.2) is 6.10 Å². The van der Waals surface area contributed by atoms with Crippen molar-refractivity contribution in [2.75, 3.05) is 0 Å². The molecular weight excluding hydrogens is 338 g/mol. The van der Waals surface area contributed by atoms with E-state index in [4.69, 9.17) is 9.84 Å². The maximum absolute atomic E-state index is 12.1. The molecule has 6 heteroatoms. The Morgan fingerprint density at radius 2 is 2.10 bits per heavy atom. The molecule has 1 amide bonds. The van der Waals surface area contributed by atoms with Gasteiger partial charge in [0, 0.05) is 6.04 Å². The molecule has 0 bridgehead atoms. The van der Waals surface area contributed by atoms with Crippen LogP contribution in [0.5, 0.6) is 5.75 Å². The summed E-state index contributed by atoms with van der Waals surface area (Å²) in [5.74, 6) is -0.754. The second-order valence-electron chi connectivity index (χ2n) is 5.24. The fraction of sp³-hybridized carbons (Fsp3) is 0.467. The third-order valence-electron chi connectivity index (χ3n) is 3.64. The van der Waals surface area contributed by atoms with Crippen LogP contribution in [-0.4, -0.2) is 29.1 Å². The van der Waals surface area contributed by atoms with E-state index in [2.05, 4.69) is 21.2 Å². The van der Waals surface area contributed by atoms with Crippen molar-refractivity contribution >= 4 is 27.8 Å². The van der Waals surface area contributed by atoms with E-state index in [9.17, 15) is 9.59 Å². The fourth-order valence-corrected chi connectivity index (χ4v) is 2.82. The summed E-state index contributed by atoms with van der Waals surface area (Å²) >= 11 is 3.36. The van der Waals surface area contributed by atoms with Crippen molar-refractivity contribution in [1.29, 1.82) is 0 Å². The predicted octanol–water partition coefficient (Wildman–Crippen LogP) is 2.59. The molecule has 1 aromatic rings. The van der Waals surface area contributed by atoms with Crippen LogP contribution in [0.15, 0.2) is 28.7 Å². The lowest BCUT2D eigenvalue weighted by atomic mass is 10.1. The van der Waals surface area contributed by atoms with Crippen molar-refractivity contribution in [3.8, 4) is 5.75 Å². The standard InChI is InChI=1S/C15H18BrNO4/c1-9(21-13-5-3-2-4-12(13)16)14(18)17-11-7-6-10(8-11)15(19)20/h2-5,9-11H,6-8H2,1H3,(H,17,18)(H,19,20)/t9?,10-,11+/m1/s1. The molecule has 0 saturated heterocycles. The van der Waals surface area contributed by atoms with E-state index in [1.165, 1.54) is 0 Å². The highest BCUT2D eigenvalue weighted by Gasteiger charge is 2.31. The van der Waals surface area contributed by atoms with E-state index in [1.54, 1.807) is 13.0 Å². The maximum atomic E-state index is 12.1. The number of carboxylic acid groups (broad SMARTS) is 1. The van der Waals surface area contributed by atoms with Gasteiger partial charge in [-0.05, 0) is 54.2 Å². The van der Waals surface area contributed by atoms with Gasteiger partial charge in [-0.2, -0.15) is 0 Å². The Hall–Kier alpha value is -1.56. The van der Waals surface area contributed by atoms with Crippen LogP contribution in [0.4, 0.5) is 0 Å². The first-order valence-electron chi connectivity index (χ1n) is 6.91. The van der Waals surface area contributed by atoms with Gasteiger partial charge in [0.1, 0.15) is 5.75 Å². The minimum absolute atomic E-state index is 0.0798. The van der Waals surface area contributed by atoms with Crippen molar-refractivity contribution in [3.63, 3.8) is 0 Å². The van der Waals surface area contributed by atoms with Crippen LogP contribution in [0.3, 0.4) is 0 Å². The van der Waals surface area contributed by atoms with Crippen LogP contribution >= 0.6 is 15.9 Å². The van der Waals surface area contributed by atoms with Gasteiger partial charge in [-0.15, -0.1) is 0 Å². The van der Waals surface area contributed by atoms with Crippen LogP contribution in [0, 0.1) is 5.92 Å². The fourth-order valence-electron chi connectivity index (χ4n) is 2.44. The smallest absolute Gasteiger partial charge is 0.306 e. The molecule has 1 aliphatic rings. The Morgan fingerprint density at radius 1 is 1.38 bits per heavy atom. The number of aliphatic carboxylic acids is 1. The Morgan fingerprint density at radius 3 is 2.71 bits per heavy atom. The molecule has 3 atom stereocenters. The second kappa shape index (κ2) is 6.93. The molecule has 2 N–H and O–H groups in total. The number of carbonyl (C=O) groups is 2. The average molecular weight is 356 g/mol. The molecule has 21 heavy (non-hydrogen) atoms. The molecule has 0 spiro atoms. The number of rotatable bonds is 5. The van der Waals surface area contributed by atoms with Crippen molar-refractivity contribution in [2.24, 2.45) is 5.92 Å². The monoisotopic (exact) mass is 355 g/mol. The zero-order chi connectivity index (χ0) is 15.4. The number of amides is 1. The van der Waals surface area contributed by atoms with Crippen molar-refractivity contribution in [1.82, 2.24) is 5.32 Å². The Labute approximate surface area is 131 Å². The Kier molecular flexibility index (Phi) is 5.22. The number of hydrogen-bond donors (Lipinski definition) is 2. The van der Waals surface area contributed by atoms with Gasteiger partial charge in [-0.25, -0.2) is 0 Å². The first-order chi connectivity index (χ1) is 9.97. The molecule has 0 aliphatic heterocycles. The van der Waals surface area contributed by atoms with Crippen molar-refractivity contribution in [3.05, 3.63) is 28.7 Å². The molecule has 0 aromatic heterocycles. The third kappa shape index (κ3) is 4.20. The first kappa shape index (κ1) is 15.8. The van der Waals surface area contributed by atoms with Crippen molar-refractivity contribution < 1.29 is 19.4 Å². The number of hydrogen-bond acceptors (Lipinski definition) is 3. The average Bonchev–Trinajstić information content (AvgIpc) is 2.90. The van der Waals surface area contributed by atoms with Gasteiger partial charge in [-0.1, -0.05) is 12.1 Å². The lowest BCUT2D eigenvalue weighted by Gasteiger charge is -2.18. The zero-order valence-electron chi connectivity index (χ0n) is 11.7. The lowest BCUT2D eigenvalue weighted by molar-refractivity contribution is -0.141. The third-order valence-corrected chi connectivity index (χ3v) is 4.29. The van der Waals surface area contributed by atoms with E-state index < -0.39 is 12.1 Å². The molecule has 2 rings (SSSR count). The lowest BCUT2D eigenvalue weighted by Crippen LogP contribution is -2.41. The van der Waals surface area contributed by atoms with E-state index in [0.29, 0.717) is 25.0 Å². The summed E-state index contributed by atoms with van der Waals surface area (Å²) in [5.41, 5.74) is 0. The number of nitrogens with one attached hydrogen (secondary N) is 1. The highest BCUT2D eigenvalue weighted by Crippen LogP contribution is 2.27. The molecule has 1 unspecified atom stereocenters. The van der Waals surface area contributed by atoms with Crippen molar-refractivity contribution in [2.45, 2.75) is 38.3 Å². The van der Waals surface area contributed by atoms with Crippen LogP contribution in [0.2, 0.25) is 0 Å². The van der Waals surface area contributed by atoms with E-state index in [1.807, 2.05) is 18.2 Å². The molecule has 114 valence electrons. The van der Waals surface area contributed by atoms with Crippen LogP contribution in [-0.2, 0) is 9.59 Å². The van der Waals surface area contributed by atoms with Gasteiger partial charge in [-0.3, -0.25) is 9.59 Å². The van der Waals surface area contributed by atoms with Crippen LogP contribution in [0.25, 0.3) is 0 Å². The molecule has 1 aliphatic carbocycles. The quantitative estimate of drug-likeness (QED) is 0.850. The summed E-state index contributed by atoms with van der Waals surface area (Å²) in [6.07, 6.45) is 1.17. The zero-order valence-corrected chi connectivity index (χ0v) is 13.3. The first-order valence-corrected chi connectivity index (χ1v) is 7.71. The summed E-state index contributed by atoms with van der Waals surface area (Å²) in [6.45, 7) is 1.68. The van der Waals surface area contributed by atoms with Gasteiger partial charge < -0.3 is 15.2 Å². The molecule has 1 aromatic carbocycles. The molecule has 0 heterocycles. The van der Waals surface area contributed by atoms with Gasteiger partial charge >= 0.3 is 5.97 Å². The van der Waals surface area contributed by atoms with Gasteiger partial charge in [0.2, 0.25) is 0 Å². The second-order valence-corrected chi connectivity index (χ2v) is 6.10. The van der Waals surface area contributed by atoms with Crippen LogP contribution in [0.1, 0.15) is 26.2 Å². The normalized spacial score (nSPS) is 22.6. The summed E-state index contributed by atoms with van der Waals surface area (Å²) in [6, 6.07) is 7.24. The Balaban J connectivity index is 1.86. The summed E-state index contributed by atoms with van der Waals surface area (Å²) in [4.78, 5) is 23.0. The number of ether oxygens (including phenoxy) is 1. The van der Waals surface area contributed by atoms with E-state index in [0.717, 1.165) is 4.47 Å². The topological polar surface area (TPSA) is 75.6 Å². The highest BCUT2D eigenvalue weighted by molar-refractivity contribution is 9.10. The highest BCUT2D eigenvalue weighted by atomic mass is 79.9. The Bertz CT molecular complexity index is 534. The minimum atomic E-state index is -0.788. The van der Waals surface area contributed by atoms with Gasteiger partial charge in [0.05, 0.1) is 10.4 Å². The minimum Gasteiger partial charge on any atom is -0.481 e. The SMILES string of the molecule is CC(Oc1ccccc1Br)C(=O)N[C@H]1CC[C@@H](C(=O)O)C1. The molecular formula is C15H18BrNO4. The van der Waals surface area contributed by atoms with Gasteiger partial charge in [0.25, 0.3) is 5.91 Å². The molecule has 0 radical (unpaired) electrons. The number of para-hydroxylation sites is 1. The summed E-state index contributed by atoms with van der Waals surface area (Å²) < 4.78 is 6.40. The maximum Gasteiger partial charge on any atom is 0.306 e. The molecule has 5 nitrogen and oxygen atoms in total. The summed E-state index contributed by atoms with van der Waals surface area (Å²) in [7, 11) is 0. The van der Waals surface area contributed by atoms with E-state index >= 15 is 0 Å². The molecule has 1 fully saturated rings.